The summed E-state index contributed by atoms with van der Waals surface area (Å²) in [6.45, 7) is 5.46. The number of nitrogens with one attached hydrogen (secondary N) is 1. The normalized spacial score (nSPS) is 22.7. The molecule has 2 atom stereocenters. The highest BCUT2D eigenvalue weighted by Crippen LogP contribution is 2.37. The van der Waals surface area contributed by atoms with Crippen molar-refractivity contribution in [1.82, 2.24) is 5.32 Å². The van der Waals surface area contributed by atoms with Crippen molar-refractivity contribution in [2.75, 3.05) is 24.6 Å². The molecule has 1 amide bonds. The number of anilines is 1. The number of carboxylic acids is 1. The first-order valence-electron chi connectivity index (χ1n) is 11.8. The van der Waals surface area contributed by atoms with Gasteiger partial charge in [-0.3, -0.25) is 9.59 Å². The van der Waals surface area contributed by atoms with Crippen LogP contribution in [0.25, 0.3) is 0 Å². The Hall–Kier alpha value is -2.23. The van der Waals surface area contributed by atoms with Gasteiger partial charge >= 0.3 is 5.97 Å². The van der Waals surface area contributed by atoms with Gasteiger partial charge in [0.05, 0.1) is 17.1 Å². The quantitative estimate of drug-likeness (QED) is 0.362. The van der Waals surface area contributed by atoms with Gasteiger partial charge in [0, 0.05) is 38.1 Å². The first-order valence-corrected chi connectivity index (χ1v) is 13.0. The van der Waals surface area contributed by atoms with E-state index in [-0.39, 0.29) is 28.7 Å². The summed E-state index contributed by atoms with van der Waals surface area (Å²) >= 11 is 7.26. The van der Waals surface area contributed by atoms with Gasteiger partial charge in [0.1, 0.15) is 15.7 Å². The lowest BCUT2D eigenvalue weighted by molar-refractivity contribution is -0.117. The van der Waals surface area contributed by atoms with Crippen molar-refractivity contribution in [3.8, 4) is 0 Å². The van der Waals surface area contributed by atoms with Gasteiger partial charge in [-0.2, -0.15) is 0 Å². The maximum Gasteiger partial charge on any atom is 0.346 e. The number of hydrogen-bond donors (Lipinski definition) is 2. The smallest absolute Gasteiger partial charge is 0.346 e. The number of allylic oxidation sites excluding steroid dienone is 1. The first-order chi connectivity index (χ1) is 16.3. The maximum absolute atomic E-state index is 12.8. The summed E-state index contributed by atoms with van der Waals surface area (Å²) in [6, 6.07) is 1.51. The molecule has 1 aliphatic carbocycles. The number of carbonyl (C=O) groups is 3. The van der Waals surface area contributed by atoms with Gasteiger partial charge in [0.2, 0.25) is 0 Å². The van der Waals surface area contributed by atoms with E-state index >= 15 is 0 Å². The molecule has 34 heavy (non-hydrogen) atoms. The summed E-state index contributed by atoms with van der Waals surface area (Å²) in [5.41, 5.74) is 1.68. The van der Waals surface area contributed by atoms with Crippen LogP contribution in [0.4, 0.5) is 5.00 Å². The molecule has 10 heteroatoms. The molecule has 0 bridgehead atoms. The number of thiophene rings is 1. The van der Waals surface area contributed by atoms with E-state index in [0.717, 1.165) is 41.2 Å². The van der Waals surface area contributed by atoms with Crippen LogP contribution in [0.5, 0.6) is 0 Å². The van der Waals surface area contributed by atoms with E-state index in [0.29, 0.717) is 61.3 Å². The lowest BCUT2D eigenvalue weighted by Crippen LogP contribution is -2.56. The van der Waals surface area contributed by atoms with Gasteiger partial charge in [0.15, 0.2) is 5.78 Å². The molecule has 1 aromatic heterocycles. The van der Waals surface area contributed by atoms with Crippen LogP contribution in [-0.2, 0) is 9.53 Å². The molecular formula is C24H30ClN3O5S. The SMILES string of the molecule is CCO[C@H]1CN(c2cc(C(=O)CC3CC3)c(C(=O)O)s2)CC[C@H]1NC(=O)C1=NC(Cl)=C(CC)C1. The summed E-state index contributed by atoms with van der Waals surface area (Å²) in [4.78, 5) is 43.7. The summed E-state index contributed by atoms with van der Waals surface area (Å²) in [6.07, 6.45) is 4.04. The Bertz CT molecular complexity index is 1050. The molecule has 8 nitrogen and oxygen atoms in total. The number of aromatic carboxylic acids is 1. The number of piperidine rings is 1. The fraction of sp³-hybridized carbons (Fsp3) is 0.583. The zero-order valence-electron chi connectivity index (χ0n) is 19.4. The van der Waals surface area contributed by atoms with E-state index in [1.165, 1.54) is 0 Å². The summed E-state index contributed by atoms with van der Waals surface area (Å²) < 4.78 is 5.96. The van der Waals surface area contributed by atoms with Gasteiger partial charge in [-0.1, -0.05) is 18.5 Å². The van der Waals surface area contributed by atoms with Gasteiger partial charge in [-0.15, -0.1) is 11.3 Å². The van der Waals surface area contributed by atoms with Crippen LogP contribution < -0.4 is 10.2 Å². The van der Waals surface area contributed by atoms with Crippen LogP contribution in [0.3, 0.4) is 0 Å². The third-order valence-electron chi connectivity index (χ3n) is 6.55. The average molecular weight is 508 g/mol. The number of nitrogens with zero attached hydrogens (tertiary/aromatic N) is 2. The van der Waals surface area contributed by atoms with Crippen LogP contribution in [0, 0.1) is 5.92 Å². The third kappa shape index (κ3) is 5.53. The molecule has 0 aromatic carbocycles. The summed E-state index contributed by atoms with van der Waals surface area (Å²) in [7, 11) is 0. The van der Waals surface area contributed by atoms with Crippen LogP contribution in [0.1, 0.15) is 72.4 Å². The molecule has 0 spiro atoms. The molecule has 1 saturated carbocycles. The highest BCUT2D eigenvalue weighted by Gasteiger charge is 2.35. The van der Waals surface area contributed by atoms with E-state index < -0.39 is 5.97 Å². The third-order valence-corrected chi connectivity index (χ3v) is 8.08. The van der Waals surface area contributed by atoms with Crippen molar-refractivity contribution in [1.29, 1.82) is 0 Å². The van der Waals surface area contributed by atoms with Gasteiger partial charge in [-0.05, 0) is 50.2 Å². The second-order valence-corrected chi connectivity index (χ2v) is 10.4. The molecule has 3 heterocycles. The van der Waals surface area contributed by atoms with Gasteiger partial charge < -0.3 is 20.1 Å². The number of ketones is 1. The number of hydrogen-bond acceptors (Lipinski definition) is 7. The monoisotopic (exact) mass is 507 g/mol. The zero-order chi connectivity index (χ0) is 24.4. The molecule has 2 N–H and O–H groups in total. The fourth-order valence-electron chi connectivity index (χ4n) is 4.42. The Balaban J connectivity index is 1.44. The van der Waals surface area contributed by atoms with Crippen molar-refractivity contribution in [3.63, 3.8) is 0 Å². The molecule has 184 valence electrons. The molecule has 1 aromatic rings. The molecule has 4 rings (SSSR count). The lowest BCUT2D eigenvalue weighted by atomic mass is 10.0. The Morgan fingerprint density at radius 2 is 2.06 bits per heavy atom. The van der Waals surface area contributed by atoms with Crippen LogP contribution >= 0.6 is 22.9 Å². The van der Waals surface area contributed by atoms with E-state index in [9.17, 15) is 19.5 Å². The fourth-order valence-corrected chi connectivity index (χ4v) is 5.78. The maximum atomic E-state index is 12.8. The number of Topliss-reactive ketones (excluding diaryl/α,β-unsaturated/α-hetero) is 1. The van der Waals surface area contributed by atoms with Crippen LogP contribution in [0.15, 0.2) is 21.8 Å². The minimum atomic E-state index is -1.07. The number of amides is 1. The number of rotatable bonds is 10. The van der Waals surface area contributed by atoms with Crippen molar-refractivity contribution in [2.24, 2.45) is 10.9 Å². The summed E-state index contributed by atoms with van der Waals surface area (Å²) in [5.74, 6) is -1.01. The van der Waals surface area contributed by atoms with Crippen molar-refractivity contribution in [3.05, 3.63) is 27.2 Å². The lowest BCUT2D eigenvalue weighted by Gasteiger charge is -2.39. The Kier molecular flexibility index (Phi) is 7.74. The second-order valence-electron chi connectivity index (χ2n) is 8.99. The molecule has 0 unspecified atom stereocenters. The van der Waals surface area contributed by atoms with Gasteiger partial charge in [-0.25, -0.2) is 9.79 Å². The van der Waals surface area contributed by atoms with Gasteiger partial charge in [0.25, 0.3) is 5.91 Å². The number of carboxylic acid groups (broad SMARTS) is 1. The largest absolute Gasteiger partial charge is 0.477 e. The standard InChI is InChI=1S/C24H30ClN3O5S/c1-3-14-10-17(26-22(14)25)23(30)27-16-7-8-28(12-19(16)33-4-2)20-11-15(21(34-20)24(31)32)18(29)9-13-5-6-13/h11,13,16,19H,3-10,12H2,1-2H3,(H,27,30)(H,31,32)/t16-,19+/m1/s1. The average Bonchev–Trinajstić information content (AvgIpc) is 3.36. The molecular weight excluding hydrogens is 478 g/mol. The Morgan fingerprint density at radius 1 is 1.29 bits per heavy atom. The second kappa shape index (κ2) is 10.6. The van der Waals surface area contributed by atoms with E-state index in [4.69, 9.17) is 16.3 Å². The molecule has 0 radical (unpaired) electrons. The zero-order valence-corrected chi connectivity index (χ0v) is 21.0. The molecule has 2 aliphatic heterocycles. The minimum absolute atomic E-state index is 0.0954. The molecule has 3 aliphatic rings. The molecule has 2 fully saturated rings. The van der Waals surface area contributed by atoms with E-state index in [1.54, 1.807) is 6.07 Å². The Labute approximate surface area is 208 Å². The van der Waals surface area contributed by atoms with Crippen molar-refractivity contribution < 1.29 is 24.2 Å². The summed E-state index contributed by atoms with van der Waals surface area (Å²) in [5, 5.41) is 13.9. The Morgan fingerprint density at radius 3 is 2.68 bits per heavy atom. The molecule has 1 saturated heterocycles. The predicted octanol–water partition coefficient (Wildman–Crippen LogP) is 4.23. The predicted molar refractivity (Wildman–Crippen MR) is 132 cm³/mol. The number of halogens is 1. The highest BCUT2D eigenvalue weighted by molar-refractivity contribution is 7.18. The van der Waals surface area contributed by atoms with Crippen LogP contribution in [-0.4, -0.2) is 60.3 Å². The van der Waals surface area contributed by atoms with E-state index in [1.807, 2.05) is 13.8 Å². The minimum Gasteiger partial charge on any atom is -0.477 e. The number of carbonyl (C=O) groups excluding carboxylic acids is 2. The van der Waals surface area contributed by atoms with Crippen LogP contribution in [0.2, 0.25) is 0 Å². The van der Waals surface area contributed by atoms with E-state index in [2.05, 4.69) is 15.2 Å². The first kappa shape index (κ1) is 24.9. The topological polar surface area (TPSA) is 108 Å². The number of ether oxygens (including phenoxy) is 1. The number of aliphatic imine (C=N–C) groups is 1. The van der Waals surface area contributed by atoms with Crippen molar-refractivity contribution >= 4 is 51.3 Å². The van der Waals surface area contributed by atoms with Crippen molar-refractivity contribution in [2.45, 2.75) is 64.5 Å². The highest BCUT2D eigenvalue weighted by atomic mass is 35.5.